The summed E-state index contributed by atoms with van der Waals surface area (Å²) in [7, 11) is 0. The zero-order chi connectivity index (χ0) is 13.1. The molecular weight excluding hydrogens is 256 g/mol. The molecule has 0 saturated carbocycles. The molecule has 0 unspecified atom stereocenters. The van der Waals surface area contributed by atoms with Crippen LogP contribution in [0.5, 0.6) is 10.9 Å². The first-order valence-corrected chi connectivity index (χ1v) is 6.73. The molecule has 0 aliphatic rings. The molecule has 0 amide bonds. The molecule has 2 aromatic carbocycles. The van der Waals surface area contributed by atoms with E-state index in [2.05, 4.69) is 4.98 Å². The van der Waals surface area contributed by atoms with E-state index in [4.69, 9.17) is 10.5 Å². The minimum atomic E-state index is 0.628. The molecule has 3 aromatic rings. The van der Waals surface area contributed by atoms with Crippen molar-refractivity contribution in [3.05, 3.63) is 60.0 Å². The zero-order valence-electron chi connectivity index (χ0n) is 10.1. The van der Waals surface area contributed by atoms with Gasteiger partial charge in [-0.3, -0.25) is 0 Å². The fourth-order valence-electron chi connectivity index (χ4n) is 1.68. The molecule has 4 heteroatoms. The summed E-state index contributed by atoms with van der Waals surface area (Å²) >= 11 is 1.48. The number of nitrogens with zero attached hydrogens (tertiary/aromatic N) is 1. The molecule has 3 rings (SSSR count). The quantitative estimate of drug-likeness (QED) is 0.725. The minimum absolute atomic E-state index is 0.628. The number of thiazole rings is 1. The highest BCUT2D eigenvalue weighted by Gasteiger charge is 2.05. The van der Waals surface area contributed by atoms with Crippen molar-refractivity contribution in [1.82, 2.24) is 4.98 Å². The van der Waals surface area contributed by atoms with Gasteiger partial charge in [0, 0.05) is 16.6 Å². The van der Waals surface area contributed by atoms with E-state index < -0.39 is 0 Å². The predicted molar refractivity (Wildman–Crippen MR) is 78.5 cm³/mol. The van der Waals surface area contributed by atoms with Crippen molar-refractivity contribution in [2.24, 2.45) is 0 Å². The van der Waals surface area contributed by atoms with Gasteiger partial charge in [-0.25, -0.2) is 4.98 Å². The third-order valence-electron chi connectivity index (χ3n) is 2.64. The monoisotopic (exact) mass is 268 g/mol. The summed E-state index contributed by atoms with van der Waals surface area (Å²) in [5, 5.41) is 2.62. The Balaban J connectivity index is 1.80. The fourth-order valence-corrected chi connectivity index (χ4v) is 2.38. The van der Waals surface area contributed by atoms with Gasteiger partial charge in [0.15, 0.2) is 0 Å². The molecule has 0 fully saturated rings. The summed E-state index contributed by atoms with van der Waals surface area (Å²) in [6.07, 6.45) is 0. The fraction of sp³-hybridized carbons (Fsp3) is 0. The molecule has 0 saturated heterocycles. The van der Waals surface area contributed by atoms with Crippen LogP contribution in [0.1, 0.15) is 0 Å². The van der Waals surface area contributed by atoms with Gasteiger partial charge >= 0.3 is 0 Å². The molecule has 3 nitrogen and oxygen atoms in total. The molecule has 0 atom stereocenters. The molecular formula is C15H12N2OS. The van der Waals surface area contributed by atoms with Gasteiger partial charge in [-0.15, -0.1) is 0 Å². The number of nitrogens with two attached hydrogens (primary N) is 1. The first kappa shape index (κ1) is 11.7. The van der Waals surface area contributed by atoms with Crippen molar-refractivity contribution in [2.75, 3.05) is 5.73 Å². The largest absolute Gasteiger partial charge is 0.431 e. The number of anilines is 1. The first-order chi connectivity index (χ1) is 9.31. The van der Waals surface area contributed by atoms with Gasteiger partial charge in [-0.05, 0) is 24.3 Å². The molecule has 94 valence electrons. The highest BCUT2D eigenvalue weighted by Crippen LogP contribution is 2.29. The van der Waals surface area contributed by atoms with E-state index in [1.54, 1.807) is 12.1 Å². The van der Waals surface area contributed by atoms with Crippen LogP contribution in [0.4, 0.5) is 5.69 Å². The van der Waals surface area contributed by atoms with Gasteiger partial charge < -0.3 is 10.5 Å². The van der Waals surface area contributed by atoms with Crippen molar-refractivity contribution < 1.29 is 4.74 Å². The van der Waals surface area contributed by atoms with Gasteiger partial charge in [0.05, 0.1) is 5.69 Å². The van der Waals surface area contributed by atoms with Crippen molar-refractivity contribution in [2.45, 2.75) is 0 Å². The summed E-state index contributed by atoms with van der Waals surface area (Å²) in [5.74, 6) is 0.739. The summed E-state index contributed by atoms with van der Waals surface area (Å²) in [4.78, 5) is 4.46. The van der Waals surface area contributed by atoms with Crippen LogP contribution in [0, 0.1) is 0 Å². The average Bonchev–Trinajstić information content (AvgIpc) is 2.91. The van der Waals surface area contributed by atoms with E-state index in [1.807, 2.05) is 47.8 Å². The van der Waals surface area contributed by atoms with E-state index in [1.165, 1.54) is 11.3 Å². The summed E-state index contributed by atoms with van der Waals surface area (Å²) in [5.41, 5.74) is 8.37. The lowest BCUT2D eigenvalue weighted by Gasteiger charge is -2.01. The van der Waals surface area contributed by atoms with Crippen molar-refractivity contribution >= 4 is 17.0 Å². The molecule has 1 aromatic heterocycles. The summed E-state index contributed by atoms with van der Waals surface area (Å²) < 4.78 is 5.69. The van der Waals surface area contributed by atoms with Crippen LogP contribution in [0.25, 0.3) is 11.3 Å². The van der Waals surface area contributed by atoms with Crippen molar-refractivity contribution in [1.29, 1.82) is 0 Å². The molecule has 0 spiro atoms. The Morgan fingerprint density at radius 2 is 1.68 bits per heavy atom. The van der Waals surface area contributed by atoms with Crippen LogP contribution in [0.2, 0.25) is 0 Å². The minimum Gasteiger partial charge on any atom is -0.431 e. The second kappa shape index (κ2) is 5.12. The van der Waals surface area contributed by atoms with Gasteiger partial charge in [0.2, 0.25) is 0 Å². The second-order valence-electron chi connectivity index (χ2n) is 4.04. The molecule has 2 N–H and O–H groups in total. The Bertz CT molecular complexity index is 662. The normalized spacial score (nSPS) is 10.3. The average molecular weight is 268 g/mol. The lowest BCUT2D eigenvalue weighted by atomic mass is 10.2. The van der Waals surface area contributed by atoms with E-state index in [0.717, 1.165) is 22.7 Å². The van der Waals surface area contributed by atoms with Crippen LogP contribution in [-0.2, 0) is 0 Å². The zero-order valence-corrected chi connectivity index (χ0v) is 10.9. The lowest BCUT2D eigenvalue weighted by Crippen LogP contribution is -1.86. The SMILES string of the molecule is Nc1ccc(Oc2nc(-c3ccccc3)cs2)cc1. The van der Waals surface area contributed by atoms with E-state index in [9.17, 15) is 0 Å². The Labute approximate surface area is 115 Å². The van der Waals surface area contributed by atoms with Gasteiger partial charge in [0.25, 0.3) is 5.19 Å². The molecule has 0 aliphatic carbocycles. The molecule has 19 heavy (non-hydrogen) atoms. The van der Waals surface area contributed by atoms with Crippen LogP contribution in [0.15, 0.2) is 60.0 Å². The first-order valence-electron chi connectivity index (χ1n) is 5.85. The maximum absolute atomic E-state index is 5.69. The number of hydrogen-bond acceptors (Lipinski definition) is 4. The van der Waals surface area contributed by atoms with Crippen LogP contribution in [0.3, 0.4) is 0 Å². The van der Waals surface area contributed by atoms with Crippen molar-refractivity contribution in [3.8, 4) is 22.2 Å². The Kier molecular flexibility index (Phi) is 3.16. The number of aromatic nitrogens is 1. The van der Waals surface area contributed by atoms with E-state index in [0.29, 0.717) is 5.19 Å². The predicted octanol–water partition coefficient (Wildman–Crippen LogP) is 4.18. The number of rotatable bonds is 3. The Morgan fingerprint density at radius 1 is 0.947 bits per heavy atom. The third kappa shape index (κ3) is 2.74. The van der Waals surface area contributed by atoms with E-state index in [-0.39, 0.29) is 0 Å². The second-order valence-corrected chi connectivity index (χ2v) is 4.86. The Hall–Kier alpha value is -2.33. The number of ether oxygens (including phenoxy) is 1. The number of hydrogen-bond donors (Lipinski definition) is 1. The molecule has 1 heterocycles. The van der Waals surface area contributed by atoms with Crippen LogP contribution >= 0.6 is 11.3 Å². The molecule has 0 aliphatic heterocycles. The highest BCUT2D eigenvalue weighted by molar-refractivity contribution is 7.11. The van der Waals surface area contributed by atoms with Gasteiger partial charge in [-0.2, -0.15) is 0 Å². The highest BCUT2D eigenvalue weighted by atomic mass is 32.1. The van der Waals surface area contributed by atoms with Crippen molar-refractivity contribution in [3.63, 3.8) is 0 Å². The third-order valence-corrected chi connectivity index (χ3v) is 3.36. The number of benzene rings is 2. The maximum atomic E-state index is 5.69. The molecule has 0 radical (unpaired) electrons. The maximum Gasteiger partial charge on any atom is 0.279 e. The van der Waals surface area contributed by atoms with Crippen LogP contribution < -0.4 is 10.5 Å². The van der Waals surface area contributed by atoms with Crippen LogP contribution in [-0.4, -0.2) is 4.98 Å². The van der Waals surface area contributed by atoms with Gasteiger partial charge in [0.1, 0.15) is 5.75 Å². The number of nitrogen functional groups attached to an aromatic ring is 1. The smallest absolute Gasteiger partial charge is 0.279 e. The summed E-state index contributed by atoms with van der Waals surface area (Å²) in [6, 6.07) is 17.3. The standard InChI is InChI=1S/C15H12N2OS/c16-12-6-8-13(9-7-12)18-15-17-14(10-19-15)11-4-2-1-3-5-11/h1-10H,16H2. The topological polar surface area (TPSA) is 48.1 Å². The lowest BCUT2D eigenvalue weighted by molar-refractivity contribution is 0.479. The van der Waals surface area contributed by atoms with E-state index >= 15 is 0 Å². The van der Waals surface area contributed by atoms with Gasteiger partial charge in [-0.1, -0.05) is 41.7 Å². The molecule has 0 bridgehead atoms. The summed E-state index contributed by atoms with van der Waals surface area (Å²) in [6.45, 7) is 0. The Morgan fingerprint density at radius 3 is 2.42 bits per heavy atom.